The van der Waals surface area contributed by atoms with E-state index in [4.69, 9.17) is 4.74 Å². The zero-order valence-corrected chi connectivity index (χ0v) is 58.0. The fourth-order valence-electron chi connectivity index (χ4n) is 11.0. The lowest BCUT2D eigenvalue weighted by atomic mass is 9.91. The summed E-state index contributed by atoms with van der Waals surface area (Å²) in [6.07, 6.45) is 2.81. The molecule has 11 amide bonds. The van der Waals surface area contributed by atoms with Crippen LogP contribution in [0.1, 0.15) is 149 Å². The smallest absolute Gasteiger partial charge is 0.247 e. The van der Waals surface area contributed by atoms with Crippen LogP contribution in [0.25, 0.3) is 0 Å². The second kappa shape index (κ2) is 37.8. The van der Waals surface area contributed by atoms with Crippen LogP contribution in [0.15, 0.2) is 12.2 Å². The van der Waals surface area contributed by atoms with E-state index in [2.05, 4.69) is 21.3 Å². The van der Waals surface area contributed by atoms with E-state index in [-0.39, 0.29) is 62.4 Å². The first-order chi connectivity index (χ1) is 41.2. The summed E-state index contributed by atoms with van der Waals surface area (Å²) in [6.45, 7) is 26.5. The van der Waals surface area contributed by atoms with Gasteiger partial charge in [-0.15, -0.1) is 0 Å². The number of aliphatic hydroxyl groups excluding tert-OH is 2. The lowest BCUT2D eigenvalue weighted by Crippen LogP contribution is -2.63. The number of nitrogens with zero attached hydrogens (tertiary/aromatic N) is 7. The van der Waals surface area contributed by atoms with Crippen molar-refractivity contribution in [2.24, 2.45) is 41.4 Å². The van der Waals surface area contributed by atoms with Crippen LogP contribution in [0, 0.1) is 41.4 Å². The Hall–Kier alpha value is -6.21. The fourth-order valence-corrected chi connectivity index (χ4v) is 11.0. The first-order valence-electron chi connectivity index (χ1n) is 31.8. The van der Waals surface area contributed by atoms with Crippen LogP contribution in [-0.2, 0) is 57.5 Å². The molecule has 12 atom stereocenters. The molecule has 6 N–H and O–H groups in total. The van der Waals surface area contributed by atoms with Gasteiger partial charge in [-0.2, -0.15) is 0 Å². The van der Waals surface area contributed by atoms with E-state index in [0.29, 0.717) is 6.42 Å². The van der Waals surface area contributed by atoms with E-state index in [1.165, 1.54) is 80.8 Å². The van der Waals surface area contributed by atoms with Gasteiger partial charge in [-0.25, -0.2) is 0 Å². The van der Waals surface area contributed by atoms with Crippen molar-refractivity contribution in [2.75, 3.05) is 75.7 Å². The van der Waals surface area contributed by atoms with E-state index in [1.54, 1.807) is 60.6 Å². The molecule has 1 rings (SSSR count). The van der Waals surface area contributed by atoms with Crippen molar-refractivity contribution in [3.63, 3.8) is 0 Å². The Balaban J connectivity index is 4.44. The highest BCUT2D eigenvalue weighted by atomic mass is 16.5. The number of rotatable bonds is 19. The van der Waals surface area contributed by atoms with Crippen molar-refractivity contribution in [2.45, 2.75) is 216 Å². The summed E-state index contributed by atoms with van der Waals surface area (Å²) in [6, 6.07) is -13.0. The number of likely N-dealkylation sites (N-methyl/N-ethyl adjacent to an activating group) is 7. The molecule has 0 aromatic carbocycles. The summed E-state index contributed by atoms with van der Waals surface area (Å²) in [5.74, 6) is -10.4. The summed E-state index contributed by atoms with van der Waals surface area (Å²) in [4.78, 5) is 170. The Morgan fingerprint density at radius 1 is 0.506 bits per heavy atom. The van der Waals surface area contributed by atoms with Gasteiger partial charge in [0.25, 0.3) is 0 Å². The highest BCUT2D eigenvalue weighted by molar-refractivity contribution is 5.99. The maximum Gasteiger partial charge on any atom is 0.247 e. The highest BCUT2D eigenvalue weighted by Gasteiger charge is 2.46. The summed E-state index contributed by atoms with van der Waals surface area (Å²) in [7, 11) is 9.76. The van der Waals surface area contributed by atoms with Crippen LogP contribution >= 0.6 is 0 Å². The Kier molecular flexibility index (Phi) is 34.3. The number of allylic oxidation sites excluding steroid dienone is 2. The average Bonchev–Trinajstić information content (AvgIpc) is 2.46. The maximum absolute atomic E-state index is 15.2. The number of aliphatic hydroxyl groups is 2. The van der Waals surface area contributed by atoms with Gasteiger partial charge in [0.15, 0.2) is 0 Å². The van der Waals surface area contributed by atoms with Gasteiger partial charge in [-0.1, -0.05) is 109 Å². The predicted molar refractivity (Wildman–Crippen MR) is 341 cm³/mol. The van der Waals surface area contributed by atoms with Gasteiger partial charge in [0.1, 0.15) is 60.4 Å². The largest absolute Gasteiger partial charge is 0.394 e. The standard InChI is InChI=1S/C64H115N11O14/c1-24-26-27-42(15)54(78)53-58(82)66-44(25-2)59(83)69(17)34-50(77)70(18)46(30-36(3)4)57(81)68-51(40(11)12)63(87)71(19)47(31-37(5)6)56(80)65-43(16)55(79)67-45(35-89-29-28-76)60(84)72(20)48(32-38(7)8)61(85)73(21)49(33-39(9)10)62(86)74(22)52(41(13)14)64(88)75(53)23/h24,26,36-49,51-54,76,78H,25,27-35H2,1-23H3,(H,65,80)(H,66,82)(H,67,79)(H,68,81)/b26-24+/t42?,43-,44-,45-,46-,47-,48-,49-,51-,52-,53-,54?/m0/s1. The third kappa shape index (κ3) is 23.5. The molecule has 25 nitrogen and oxygen atoms in total. The summed E-state index contributed by atoms with van der Waals surface area (Å²) >= 11 is 0. The minimum absolute atomic E-state index is 0.00958. The third-order valence-corrected chi connectivity index (χ3v) is 16.5. The van der Waals surface area contributed by atoms with Crippen LogP contribution in [0.2, 0.25) is 0 Å². The molecule has 0 aromatic rings. The first kappa shape index (κ1) is 80.8. The molecule has 510 valence electrons. The van der Waals surface area contributed by atoms with Crippen molar-refractivity contribution >= 4 is 65.0 Å². The Morgan fingerprint density at radius 2 is 0.944 bits per heavy atom. The van der Waals surface area contributed by atoms with Crippen molar-refractivity contribution in [1.29, 1.82) is 0 Å². The van der Waals surface area contributed by atoms with Gasteiger partial charge in [-0.05, 0) is 93.8 Å². The number of carbonyl (C=O) groups excluding carboxylic acids is 11. The number of nitrogens with one attached hydrogen (secondary N) is 4. The molecule has 0 aliphatic carbocycles. The van der Waals surface area contributed by atoms with Gasteiger partial charge in [0.05, 0.1) is 32.5 Å². The van der Waals surface area contributed by atoms with E-state index < -0.39 is 169 Å². The van der Waals surface area contributed by atoms with E-state index >= 15 is 14.4 Å². The zero-order valence-electron chi connectivity index (χ0n) is 58.0. The summed E-state index contributed by atoms with van der Waals surface area (Å²) in [5.41, 5.74) is 0. The fraction of sp³-hybridized carbons (Fsp3) is 0.797. The van der Waals surface area contributed by atoms with Gasteiger partial charge >= 0.3 is 0 Å². The minimum Gasteiger partial charge on any atom is -0.394 e. The minimum atomic E-state index is -1.63. The predicted octanol–water partition coefficient (Wildman–Crippen LogP) is 2.26. The zero-order chi connectivity index (χ0) is 68.8. The van der Waals surface area contributed by atoms with Crippen molar-refractivity contribution in [3.8, 4) is 0 Å². The first-order valence-corrected chi connectivity index (χ1v) is 31.8. The van der Waals surface area contributed by atoms with Crippen LogP contribution in [0.3, 0.4) is 0 Å². The van der Waals surface area contributed by atoms with Gasteiger partial charge in [-0.3, -0.25) is 52.7 Å². The molecule has 1 aliphatic heterocycles. The molecule has 89 heavy (non-hydrogen) atoms. The van der Waals surface area contributed by atoms with Crippen molar-refractivity contribution in [3.05, 3.63) is 12.2 Å². The molecule has 1 heterocycles. The normalized spacial score (nSPS) is 26.2. The van der Waals surface area contributed by atoms with Crippen LogP contribution in [0.5, 0.6) is 0 Å². The molecule has 0 aromatic heterocycles. The van der Waals surface area contributed by atoms with Gasteiger partial charge in [0.2, 0.25) is 65.0 Å². The molecule has 0 spiro atoms. The molecular weight excluding hydrogens is 1150 g/mol. The lowest BCUT2D eigenvalue weighted by Gasteiger charge is -2.41. The monoisotopic (exact) mass is 1260 g/mol. The Labute approximate surface area is 531 Å². The maximum atomic E-state index is 15.2. The molecular formula is C64H115N11O14. The number of amides is 11. The Morgan fingerprint density at radius 3 is 1.40 bits per heavy atom. The van der Waals surface area contributed by atoms with Gasteiger partial charge in [0, 0.05) is 49.3 Å². The number of hydrogen-bond donors (Lipinski definition) is 6. The molecule has 0 saturated carbocycles. The topological polar surface area (TPSA) is 308 Å². The van der Waals surface area contributed by atoms with Crippen LogP contribution in [0.4, 0.5) is 0 Å². The molecule has 2 unspecified atom stereocenters. The second-order valence-electron chi connectivity index (χ2n) is 26.7. The van der Waals surface area contributed by atoms with Crippen molar-refractivity contribution < 1.29 is 67.7 Å². The number of ether oxygens (including phenoxy) is 1. The average molecular weight is 1260 g/mol. The molecule has 1 saturated heterocycles. The van der Waals surface area contributed by atoms with E-state index in [1.807, 2.05) is 55.4 Å². The van der Waals surface area contributed by atoms with E-state index in [0.717, 1.165) is 9.80 Å². The highest BCUT2D eigenvalue weighted by Crippen LogP contribution is 2.26. The van der Waals surface area contributed by atoms with Crippen molar-refractivity contribution in [1.82, 2.24) is 55.6 Å². The molecule has 1 aliphatic rings. The summed E-state index contributed by atoms with van der Waals surface area (Å²) < 4.78 is 5.61. The molecule has 0 bridgehead atoms. The SMILES string of the molecule is C/C=C/CC(C)C(O)[C@H]1C(=O)N[C@@H](CC)C(=O)N(C)CC(=O)N(C)[C@@H](CC(C)C)C(=O)N[C@@H](C(C)C)C(=O)N(C)[C@@H](CC(C)C)C(=O)N[C@@H](C)C(=O)N[C@@H](COCCO)C(=O)N(C)[C@@H](CC(C)C)C(=O)N(C)[C@@H](CC(C)C)C(=O)N(C)[C@@H](C(C)C)C(=O)N1C. The molecule has 0 radical (unpaired) electrons. The second-order valence-corrected chi connectivity index (χ2v) is 26.7. The van der Waals surface area contributed by atoms with E-state index in [9.17, 15) is 48.6 Å². The van der Waals surface area contributed by atoms with Gasteiger partial charge < -0.3 is 70.5 Å². The number of carbonyl (C=O) groups is 11. The Bertz CT molecular complexity index is 2400. The third-order valence-electron chi connectivity index (χ3n) is 16.5. The van der Waals surface area contributed by atoms with Crippen LogP contribution in [-0.4, -0.2) is 252 Å². The molecule has 25 heteroatoms. The van der Waals surface area contributed by atoms with Crippen LogP contribution < -0.4 is 21.3 Å². The quantitative estimate of drug-likeness (QED) is 0.0799. The molecule has 1 fully saturated rings. The lowest BCUT2D eigenvalue weighted by molar-refractivity contribution is -0.157. The number of hydrogen-bond acceptors (Lipinski definition) is 14. The summed E-state index contributed by atoms with van der Waals surface area (Å²) in [5, 5.41) is 32.7.